The number of rotatable bonds is 5. The van der Waals surface area contributed by atoms with Crippen molar-refractivity contribution in [1.82, 2.24) is 19.9 Å². The molecule has 1 fully saturated rings. The number of benzene rings is 1. The SMILES string of the molecule is Cc1cc(Nc2cc(C(=O)N3CCN(Cc4ccccc4)CC3)ccn2)no1. The highest BCUT2D eigenvalue weighted by molar-refractivity contribution is 5.95. The molecule has 1 saturated heterocycles. The number of aryl methyl sites for hydroxylation is 1. The standard InChI is InChI=1S/C21H23N5O2/c1-16-13-20(24-28-16)23-19-14-18(7-8-22-19)21(27)26-11-9-25(10-12-26)15-17-5-3-2-4-6-17/h2-8,13-14H,9-12,15H2,1H3,(H,22,23,24). The summed E-state index contributed by atoms with van der Waals surface area (Å²) in [5.74, 6) is 1.88. The molecule has 0 atom stereocenters. The van der Waals surface area contributed by atoms with E-state index >= 15 is 0 Å². The second-order valence-electron chi connectivity index (χ2n) is 6.93. The van der Waals surface area contributed by atoms with Gasteiger partial charge in [0.1, 0.15) is 11.6 Å². The number of carbonyl (C=O) groups is 1. The summed E-state index contributed by atoms with van der Waals surface area (Å²) in [5, 5.41) is 6.95. The van der Waals surface area contributed by atoms with Gasteiger partial charge < -0.3 is 14.7 Å². The van der Waals surface area contributed by atoms with Crippen LogP contribution < -0.4 is 5.32 Å². The molecule has 0 unspecified atom stereocenters. The van der Waals surface area contributed by atoms with Gasteiger partial charge in [0.2, 0.25) is 0 Å². The van der Waals surface area contributed by atoms with Crippen LogP contribution in [0.3, 0.4) is 0 Å². The van der Waals surface area contributed by atoms with E-state index in [0.717, 1.165) is 32.7 Å². The van der Waals surface area contributed by atoms with E-state index < -0.39 is 0 Å². The van der Waals surface area contributed by atoms with Crippen molar-refractivity contribution in [3.63, 3.8) is 0 Å². The van der Waals surface area contributed by atoms with Crippen LogP contribution in [0.4, 0.5) is 11.6 Å². The van der Waals surface area contributed by atoms with Gasteiger partial charge in [-0.05, 0) is 24.6 Å². The average Bonchev–Trinajstić information content (AvgIpc) is 3.13. The molecular weight excluding hydrogens is 354 g/mol. The molecule has 0 spiro atoms. The zero-order chi connectivity index (χ0) is 19.3. The van der Waals surface area contributed by atoms with Crippen molar-refractivity contribution in [2.24, 2.45) is 0 Å². The van der Waals surface area contributed by atoms with Crippen molar-refractivity contribution >= 4 is 17.5 Å². The first-order valence-electron chi connectivity index (χ1n) is 9.39. The van der Waals surface area contributed by atoms with Crippen LogP contribution in [-0.4, -0.2) is 52.0 Å². The van der Waals surface area contributed by atoms with E-state index in [1.54, 1.807) is 24.4 Å². The van der Waals surface area contributed by atoms with Gasteiger partial charge in [-0.2, -0.15) is 0 Å². The topological polar surface area (TPSA) is 74.5 Å². The lowest BCUT2D eigenvalue weighted by atomic mass is 10.1. The molecule has 1 aliphatic heterocycles. The summed E-state index contributed by atoms with van der Waals surface area (Å²) in [6.45, 7) is 5.93. The highest BCUT2D eigenvalue weighted by Crippen LogP contribution is 2.17. The lowest BCUT2D eigenvalue weighted by molar-refractivity contribution is 0.0628. The van der Waals surface area contributed by atoms with E-state index in [1.165, 1.54) is 5.56 Å². The zero-order valence-corrected chi connectivity index (χ0v) is 15.8. The Labute approximate surface area is 164 Å². The Bertz CT molecular complexity index is 933. The third-order valence-electron chi connectivity index (χ3n) is 4.80. The molecule has 7 nitrogen and oxygen atoms in total. The monoisotopic (exact) mass is 377 g/mol. The third-order valence-corrected chi connectivity index (χ3v) is 4.80. The van der Waals surface area contributed by atoms with E-state index in [2.05, 4.69) is 44.6 Å². The average molecular weight is 377 g/mol. The van der Waals surface area contributed by atoms with Crippen LogP contribution in [0, 0.1) is 6.92 Å². The molecule has 0 saturated carbocycles. The molecule has 3 heterocycles. The van der Waals surface area contributed by atoms with Crippen LogP contribution in [0.25, 0.3) is 0 Å². The molecule has 0 aliphatic carbocycles. The van der Waals surface area contributed by atoms with Crippen LogP contribution in [0.1, 0.15) is 21.7 Å². The molecule has 7 heteroatoms. The number of amides is 1. The second kappa shape index (κ2) is 8.22. The van der Waals surface area contributed by atoms with E-state index in [0.29, 0.717) is 23.0 Å². The van der Waals surface area contributed by atoms with Crippen molar-refractivity contribution in [3.8, 4) is 0 Å². The molecule has 144 valence electrons. The van der Waals surface area contributed by atoms with Crippen molar-refractivity contribution in [3.05, 3.63) is 71.6 Å². The number of anilines is 2. The van der Waals surface area contributed by atoms with Crippen LogP contribution in [0.5, 0.6) is 0 Å². The lowest BCUT2D eigenvalue weighted by Crippen LogP contribution is -2.48. The number of nitrogens with one attached hydrogen (secondary N) is 1. The highest BCUT2D eigenvalue weighted by atomic mass is 16.5. The zero-order valence-electron chi connectivity index (χ0n) is 15.8. The minimum Gasteiger partial charge on any atom is -0.360 e. The first-order chi connectivity index (χ1) is 13.7. The number of carbonyl (C=O) groups excluding carboxylic acids is 1. The quantitative estimate of drug-likeness (QED) is 0.737. The minimum absolute atomic E-state index is 0.0288. The summed E-state index contributed by atoms with van der Waals surface area (Å²) in [6.07, 6.45) is 1.63. The fourth-order valence-electron chi connectivity index (χ4n) is 3.32. The predicted octanol–water partition coefficient (Wildman–Crippen LogP) is 3.08. The van der Waals surface area contributed by atoms with Gasteiger partial charge in [-0.25, -0.2) is 4.98 Å². The molecule has 0 radical (unpaired) electrons. The fraction of sp³-hybridized carbons (Fsp3) is 0.286. The number of aromatic nitrogens is 2. The number of pyridine rings is 1. The Balaban J connectivity index is 1.35. The predicted molar refractivity (Wildman–Crippen MR) is 106 cm³/mol. The summed E-state index contributed by atoms with van der Waals surface area (Å²) in [6, 6.07) is 15.7. The molecule has 4 rings (SSSR count). The van der Waals surface area contributed by atoms with Gasteiger partial charge in [0.15, 0.2) is 5.82 Å². The summed E-state index contributed by atoms with van der Waals surface area (Å²) in [5.41, 5.74) is 1.92. The van der Waals surface area contributed by atoms with Crippen LogP contribution in [0.2, 0.25) is 0 Å². The maximum absolute atomic E-state index is 12.9. The van der Waals surface area contributed by atoms with Gasteiger partial charge in [0, 0.05) is 50.6 Å². The molecule has 1 aromatic carbocycles. The van der Waals surface area contributed by atoms with Gasteiger partial charge >= 0.3 is 0 Å². The normalized spacial score (nSPS) is 14.8. The maximum Gasteiger partial charge on any atom is 0.254 e. The molecule has 28 heavy (non-hydrogen) atoms. The summed E-state index contributed by atoms with van der Waals surface area (Å²) >= 11 is 0. The van der Waals surface area contributed by atoms with E-state index in [1.807, 2.05) is 17.9 Å². The Morgan fingerprint density at radius 2 is 1.86 bits per heavy atom. The molecule has 1 N–H and O–H groups in total. The number of piperazine rings is 1. The van der Waals surface area contributed by atoms with Crippen molar-refractivity contribution in [1.29, 1.82) is 0 Å². The van der Waals surface area contributed by atoms with Crippen LogP contribution in [0.15, 0.2) is 59.3 Å². The van der Waals surface area contributed by atoms with Crippen molar-refractivity contribution in [2.45, 2.75) is 13.5 Å². The Kier molecular flexibility index (Phi) is 5.34. The van der Waals surface area contributed by atoms with E-state index in [-0.39, 0.29) is 5.91 Å². The smallest absolute Gasteiger partial charge is 0.254 e. The number of hydrogen-bond acceptors (Lipinski definition) is 6. The lowest BCUT2D eigenvalue weighted by Gasteiger charge is -2.34. The summed E-state index contributed by atoms with van der Waals surface area (Å²) in [4.78, 5) is 21.4. The van der Waals surface area contributed by atoms with Gasteiger partial charge in [-0.1, -0.05) is 35.5 Å². The van der Waals surface area contributed by atoms with Gasteiger partial charge in [-0.3, -0.25) is 9.69 Å². The van der Waals surface area contributed by atoms with E-state index in [4.69, 9.17) is 4.52 Å². The summed E-state index contributed by atoms with van der Waals surface area (Å²) in [7, 11) is 0. The van der Waals surface area contributed by atoms with Crippen LogP contribution in [-0.2, 0) is 6.54 Å². The number of hydrogen-bond donors (Lipinski definition) is 1. The summed E-state index contributed by atoms with van der Waals surface area (Å²) < 4.78 is 5.04. The first-order valence-corrected chi connectivity index (χ1v) is 9.39. The number of nitrogens with zero attached hydrogens (tertiary/aromatic N) is 4. The third kappa shape index (κ3) is 4.37. The largest absolute Gasteiger partial charge is 0.360 e. The minimum atomic E-state index is 0.0288. The molecule has 0 bridgehead atoms. The fourth-order valence-corrected chi connectivity index (χ4v) is 3.32. The van der Waals surface area contributed by atoms with Crippen molar-refractivity contribution < 1.29 is 9.32 Å². The maximum atomic E-state index is 12.9. The molecule has 2 aromatic heterocycles. The Hall–Kier alpha value is -3.19. The Morgan fingerprint density at radius 3 is 2.57 bits per heavy atom. The van der Waals surface area contributed by atoms with Crippen molar-refractivity contribution in [2.75, 3.05) is 31.5 Å². The first kappa shape index (κ1) is 18.2. The highest BCUT2D eigenvalue weighted by Gasteiger charge is 2.22. The van der Waals surface area contributed by atoms with E-state index in [9.17, 15) is 4.79 Å². The van der Waals surface area contributed by atoms with Gasteiger partial charge in [0.05, 0.1) is 0 Å². The molecule has 1 amide bonds. The second-order valence-corrected chi connectivity index (χ2v) is 6.93. The molecule has 1 aliphatic rings. The van der Waals surface area contributed by atoms with Crippen LogP contribution >= 0.6 is 0 Å². The van der Waals surface area contributed by atoms with Gasteiger partial charge in [-0.15, -0.1) is 0 Å². The molecular formula is C21H23N5O2. The molecule has 3 aromatic rings. The van der Waals surface area contributed by atoms with Gasteiger partial charge in [0.25, 0.3) is 5.91 Å². The Morgan fingerprint density at radius 1 is 1.07 bits per heavy atom.